The van der Waals surface area contributed by atoms with E-state index in [1.165, 1.54) is 42.0 Å². The Balaban J connectivity index is 2.06. The van der Waals surface area contributed by atoms with Crippen molar-refractivity contribution in [3.05, 3.63) is 46.4 Å². The van der Waals surface area contributed by atoms with Crippen LogP contribution in [0.2, 0.25) is 0 Å². The smallest absolute Gasteiger partial charge is 0.0624 e. The summed E-state index contributed by atoms with van der Waals surface area (Å²) in [5.74, 6) is 0.553. The van der Waals surface area contributed by atoms with Crippen LogP contribution >= 0.6 is 27.5 Å². The van der Waals surface area contributed by atoms with Gasteiger partial charge in [-0.15, -0.1) is 11.6 Å². The van der Waals surface area contributed by atoms with Gasteiger partial charge in [0.2, 0.25) is 0 Å². The van der Waals surface area contributed by atoms with Gasteiger partial charge in [-0.3, -0.25) is 0 Å². The molecule has 1 saturated carbocycles. The predicted molar refractivity (Wildman–Crippen MR) is 96.0 cm³/mol. The quantitative estimate of drug-likeness (QED) is 0.498. The molecule has 0 saturated heterocycles. The van der Waals surface area contributed by atoms with Crippen molar-refractivity contribution in [2.45, 2.75) is 44.9 Å². The molecule has 0 heterocycles. The lowest BCUT2D eigenvalue weighted by Crippen LogP contribution is -2.30. The standard InChI is InChI=1S/C19H22BrCl/c1-19(2)12-6-5-9-16(19)18(21)15-10-11-17(20)14-8-4-3-7-13(14)15/h3-4,7-8,10-11,16,18H,5-6,9,12H2,1-2H3. The highest BCUT2D eigenvalue weighted by molar-refractivity contribution is 9.10. The van der Waals surface area contributed by atoms with Crippen LogP contribution in [0.25, 0.3) is 10.8 Å². The molecule has 0 spiro atoms. The lowest BCUT2D eigenvalue weighted by molar-refractivity contribution is 0.133. The number of benzene rings is 2. The molecule has 0 aliphatic heterocycles. The third-order valence-electron chi connectivity index (χ3n) is 5.14. The minimum absolute atomic E-state index is 0.0956. The van der Waals surface area contributed by atoms with Crippen LogP contribution in [0.5, 0.6) is 0 Å². The van der Waals surface area contributed by atoms with Gasteiger partial charge in [-0.2, -0.15) is 0 Å². The molecule has 2 aromatic carbocycles. The molecular formula is C19H22BrCl. The van der Waals surface area contributed by atoms with E-state index < -0.39 is 0 Å². The van der Waals surface area contributed by atoms with Gasteiger partial charge in [-0.1, -0.05) is 73.0 Å². The molecule has 0 aromatic heterocycles. The Morgan fingerprint density at radius 1 is 1.10 bits per heavy atom. The first kappa shape index (κ1) is 15.4. The van der Waals surface area contributed by atoms with Crippen LogP contribution in [0.4, 0.5) is 0 Å². The fourth-order valence-corrected chi connectivity index (χ4v) is 4.94. The molecule has 112 valence electrons. The highest BCUT2D eigenvalue weighted by atomic mass is 79.9. The number of fused-ring (bicyclic) bond motifs is 1. The zero-order valence-electron chi connectivity index (χ0n) is 12.7. The summed E-state index contributed by atoms with van der Waals surface area (Å²) in [6, 6.07) is 12.9. The number of rotatable bonds is 2. The van der Waals surface area contributed by atoms with E-state index in [0.29, 0.717) is 11.3 Å². The Hall–Kier alpha value is -0.530. The summed E-state index contributed by atoms with van der Waals surface area (Å²) < 4.78 is 1.15. The second kappa shape index (κ2) is 5.93. The topological polar surface area (TPSA) is 0 Å². The summed E-state index contributed by atoms with van der Waals surface area (Å²) in [6.45, 7) is 4.76. The first-order chi connectivity index (χ1) is 10.0. The van der Waals surface area contributed by atoms with Crippen molar-refractivity contribution in [3.63, 3.8) is 0 Å². The second-order valence-electron chi connectivity index (χ2n) is 6.92. The fraction of sp³-hybridized carbons (Fsp3) is 0.474. The molecule has 0 nitrogen and oxygen atoms in total. The highest BCUT2D eigenvalue weighted by Crippen LogP contribution is 2.50. The number of alkyl halides is 1. The summed E-state index contributed by atoms with van der Waals surface area (Å²) in [4.78, 5) is 0. The lowest BCUT2D eigenvalue weighted by Gasteiger charge is -2.41. The average Bonchev–Trinajstić information content (AvgIpc) is 2.47. The molecule has 1 aliphatic carbocycles. The third kappa shape index (κ3) is 2.87. The Kier molecular flexibility index (Phi) is 4.34. The van der Waals surface area contributed by atoms with Crippen molar-refractivity contribution in [1.82, 2.24) is 0 Å². The molecular weight excluding hydrogens is 344 g/mol. The van der Waals surface area contributed by atoms with Crippen LogP contribution in [-0.4, -0.2) is 0 Å². The SMILES string of the molecule is CC1(C)CCCCC1C(Cl)c1ccc(Br)c2ccccc12. The predicted octanol–water partition coefficient (Wildman–Crippen LogP) is 7.10. The largest absolute Gasteiger partial charge is 0.117 e. The third-order valence-corrected chi connectivity index (χ3v) is 6.38. The van der Waals surface area contributed by atoms with Crippen LogP contribution in [0, 0.1) is 11.3 Å². The van der Waals surface area contributed by atoms with E-state index in [9.17, 15) is 0 Å². The highest BCUT2D eigenvalue weighted by Gasteiger charge is 2.37. The number of hydrogen-bond donors (Lipinski definition) is 0. The van der Waals surface area contributed by atoms with Gasteiger partial charge in [0.15, 0.2) is 0 Å². The van der Waals surface area contributed by atoms with E-state index >= 15 is 0 Å². The number of hydrogen-bond acceptors (Lipinski definition) is 0. The number of halogens is 2. The van der Waals surface area contributed by atoms with Gasteiger partial charge in [0.25, 0.3) is 0 Å². The minimum atomic E-state index is 0.0956. The molecule has 0 N–H and O–H groups in total. The summed E-state index contributed by atoms with van der Waals surface area (Å²) in [5.41, 5.74) is 1.62. The van der Waals surface area contributed by atoms with Crippen molar-refractivity contribution in [1.29, 1.82) is 0 Å². The van der Waals surface area contributed by atoms with E-state index in [-0.39, 0.29) is 5.38 Å². The Morgan fingerprint density at radius 3 is 2.52 bits per heavy atom. The first-order valence-electron chi connectivity index (χ1n) is 7.82. The maximum absolute atomic E-state index is 6.99. The van der Waals surface area contributed by atoms with Crippen molar-refractivity contribution < 1.29 is 0 Å². The molecule has 0 bridgehead atoms. The van der Waals surface area contributed by atoms with Crippen molar-refractivity contribution in [2.75, 3.05) is 0 Å². The average molecular weight is 366 g/mol. The van der Waals surface area contributed by atoms with Crippen molar-refractivity contribution >= 4 is 38.3 Å². The van der Waals surface area contributed by atoms with E-state index in [1.807, 2.05) is 0 Å². The Morgan fingerprint density at radius 2 is 1.81 bits per heavy atom. The summed E-state index contributed by atoms with van der Waals surface area (Å²) >= 11 is 10.6. The lowest BCUT2D eigenvalue weighted by atomic mass is 9.66. The van der Waals surface area contributed by atoms with Gasteiger partial charge in [0, 0.05) is 4.47 Å². The molecule has 2 unspecified atom stereocenters. The van der Waals surface area contributed by atoms with Gasteiger partial charge < -0.3 is 0 Å². The molecule has 0 amide bonds. The minimum Gasteiger partial charge on any atom is -0.117 e. The Bertz CT molecular complexity index is 647. The monoisotopic (exact) mass is 364 g/mol. The molecule has 1 fully saturated rings. The summed E-state index contributed by atoms with van der Waals surface area (Å²) in [7, 11) is 0. The van der Waals surface area contributed by atoms with Crippen molar-refractivity contribution in [2.24, 2.45) is 11.3 Å². The van der Waals surface area contributed by atoms with Crippen LogP contribution < -0.4 is 0 Å². The molecule has 0 radical (unpaired) electrons. The van der Waals surface area contributed by atoms with E-state index in [1.54, 1.807) is 0 Å². The summed E-state index contributed by atoms with van der Waals surface area (Å²) in [5, 5.41) is 2.64. The maximum Gasteiger partial charge on any atom is 0.0624 e. The second-order valence-corrected chi connectivity index (χ2v) is 8.25. The van der Waals surface area contributed by atoms with Gasteiger partial charge in [-0.25, -0.2) is 0 Å². The van der Waals surface area contributed by atoms with E-state index in [2.05, 4.69) is 66.2 Å². The molecule has 2 heteroatoms. The normalized spacial score (nSPS) is 23.1. The zero-order valence-corrected chi connectivity index (χ0v) is 15.0. The Labute approximate surface area is 141 Å². The fourth-order valence-electron chi connectivity index (χ4n) is 3.81. The van der Waals surface area contributed by atoms with E-state index in [0.717, 1.165) is 4.47 Å². The molecule has 2 atom stereocenters. The van der Waals surface area contributed by atoms with Gasteiger partial charge in [-0.05, 0) is 46.6 Å². The van der Waals surface area contributed by atoms with Crippen LogP contribution in [0.15, 0.2) is 40.9 Å². The zero-order chi connectivity index (χ0) is 15.0. The molecule has 3 rings (SSSR count). The molecule has 2 aromatic rings. The van der Waals surface area contributed by atoms with Crippen molar-refractivity contribution in [3.8, 4) is 0 Å². The maximum atomic E-state index is 6.99. The van der Waals surface area contributed by atoms with Gasteiger partial charge >= 0.3 is 0 Å². The van der Waals surface area contributed by atoms with Gasteiger partial charge in [0.05, 0.1) is 5.38 Å². The van der Waals surface area contributed by atoms with Crippen LogP contribution in [0.3, 0.4) is 0 Å². The van der Waals surface area contributed by atoms with Crippen LogP contribution in [0.1, 0.15) is 50.5 Å². The van der Waals surface area contributed by atoms with Gasteiger partial charge in [0.1, 0.15) is 0 Å². The molecule has 21 heavy (non-hydrogen) atoms. The molecule has 1 aliphatic rings. The first-order valence-corrected chi connectivity index (χ1v) is 9.05. The summed E-state index contributed by atoms with van der Waals surface area (Å²) in [6.07, 6.45) is 5.18. The van der Waals surface area contributed by atoms with Crippen LogP contribution in [-0.2, 0) is 0 Å². The van der Waals surface area contributed by atoms with E-state index in [4.69, 9.17) is 11.6 Å².